The van der Waals surface area contributed by atoms with Crippen molar-refractivity contribution in [3.8, 4) is 5.69 Å². The number of hydrogen-bond donors (Lipinski definition) is 2. The van der Waals surface area contributed by atoms with Gasteiger partial charge in [-0.15, -0.1) is 0 Å². The first-order valence-electron chi connectivity index (χ1n) is 12.1. The van der Waals surface area contributed by atoms with Gasteiger partial charge in [0.05, 0.1) is 16.5 Å². The summed E-state index contributed by atoms with van der Waals surface area (Å²) in [5.74, 6) is 0.566. The highest BCUT2D eigenvalue weighted by molar-refractivity contribution is 7.90. The van der Waals surface area contributed by atoms with Crippen molar-refractivity contribution >= 4 is 27.0 Å². The van der Waals surface area contributed by atoms with Crippen LogP contribution in [0.5, 0.6) is 0 Å². The minimum Gasteiger partial charge on any atom is -0.327 e. The molecule has 0 saturated carbocycles. The number of nitrogens with one attached hydrogen (secondary N) is 2. The van der Waals surface area contributed by atoms with E-state index in [1.165, 1.54) is 6.07 Å². The molecule has 0 saturated heterocycles. The Bertz CT molecular complexity index is 1720. The molecule has 0 aliphatic heterocycles. The summed E-state index contributed by atoms with van der Waals surface area (Å²) in [7, 11) is -4.06. The number of amides is 2. The SMILES string of the molecule is Cc1ccc2cc(-n3ccnc3[C@H](Cc3ccccc3)NC(=O)NS(=O)(=O)c3ccccc3C)ccc2n1. The number of fused-ring (bicyclic) bond motifs is 1. The molecule has 0 bridgehead atoms. The topological polar surface area (TPSA) is 106 Å². The Morgan fingerprint density at radius 3 is 2.50 bits per heavy atom. The summed E-state index contributed by atoms with van der Waals surface area (Å²) in [6, 6.07) is 24.6. The van der Waals surface area contributed by atoms with Crippen LogP contribution in [0.3, 0.4) is 0 Å². The molecule has 0 aliphatic rings. The van der Waals surface area contributed by atoms with Crippen molar-refractivity contribution in [2.45, 2.75) is 31.2 Å². The van der Waals surface area contributed by atoms with Gasteiger partial charge < -0.3 is 9.88 Å². The highest BCUT2D eigenvalue weighted by Crippen LogP contribution is 2.24. The number of benzene rings is 3. The predicted molar refractivity (Wildman–Crippen MR) is 147 cm³/mol. The van der Waals surface area contributed by atoms with Crippen LogP contribution in [0.4, 0.5) is 4.79 Å². The molecule has 0 radical (unpaired) electrons. The second-order valence-electron chi connectivity index (χ2n) is 9.07. The number of sulfonamides is 1. The molecule has 38 heavy (non-hydrogen) atoms. The lowest BCUT2D eigenvalue weighted by Crippen LogP contribution is -2.42. The fourth-order valence-electron chi connectivity index (χ4n) is 4.44. The molecule has 0 unspecified atom stereocenters. The number of carbonyl (C=O) groups is 1. The van der Waals surface area contributed by atoms with Gasteiger partial charge in [-0.1, -0.05) is 54.6 Å². The lowest BCUT2D eigenvalue weighted by molar-refractivity contribution is 0.241. The third kappa shape index (κ3) is 5.42. The van der Waals surface area contributed by atoms with Crippen molar-refractivity contribution in [2.24, 2.45) is 0 Å². The zero-order chi connectivity index (χ0) is 26.7. The first-order valence-corrected chi connectivity index (χ1v) is 13.6. The van der Waals surface area contributed by atoms with E-state index in [4.69, 9.17) is 0 Å². The third-order valence-electron chi connectivity index (χ3n) is 6.27. The molecule has 3 aromatic carbocycles. The molecule has 8 nitrogen and oxygen atoms in total. The largest absolute Gasteiger partial charge is 0.329 e. The molecular weight excluding hydrogens is 498 g/mol. The van der Waals surface area contributed by atoms with Crippen molar-refractivity contribution in [1.29, 1.82) is 0 Å². The maximum atomic E-state index is 13.0. The maximum Gasteiger partial charge on any atom is 0.329 e. The molecule has 1 atom stereocenters. The van der Waals surface area contributed by atoms with Crippen LogP contribution in [0, 0.1) is 13.8 Å². The van der Waals surface area contributed by atoms with Crippen molar-refractivity contribution in [2.75, 3.05) is 0 Å². The van der Waals surface area contributed by atoms with Gasteiger partial charge in [0.15, 0.2) is 0 Å². The average Bonchev–Trinajstić information content (AvgIpc) is 3.38. The van der Waals surface area contributed by atoms with Gasteiger partial charge in [-0.25, -0.2) is 22.9 Å². The number of rotatable bonds is 7. The fourth-order valence-corrected chi connectivity index (χ4v) is 5.60. The third-order valence-corrected chi connectivity index (χ3v) is 7.76. The Balaban J connectivity index is 1.47. The van der Waals surface area contributed by atoms with Crippen LogP contribution in [-0.2, 0) is 16.4 Å². The molecule has 192 valence electrons. The van der Waals surface area contributed by atoms with Crippen LogP contribution in [0.2, 0.25) is 0 Å². The van der Waals surface area contributed by atoms with Crippen molar-refractivity contribution in [3.05, 3.63) is 120 Å². The number of aryl methyl sites for hydroxylation is 2. The zero-order valence-corrected chi connectivity index (χ0v) is 21.8. The summed E-state index contributed by atoms with van der Waals surface area (Å²) in [5.41, 5.74) is 4.18. The van der Waals surface area contributed by atoms with Gasteiger partial charge in [0.25, 0.3) is 10.0 Å². The van der Waals surface area contributed by atoms with E-state index in [-0.39, 0.29) is 4.90 Å². The van der Waals surface area contributed by atoms with E-state index in [0.717, 1.165) is 27.8 Å². The molecular formula is C29H27N5O3S. The summed E-state index contributed by atoms with van der Waals surface area (Å²) in [6.07, 6.45) is 3.89. The Kier molecular flexibility index (Phi) is 6.93. The highest BCUT2D eigenvalue weighted by atomic mass is 32.2. The van der Waals surface area contributed by atoms with E-state index in [9.17, 15) is 13.2 Å². The van der Waals surface area contributed by atoms with Crippen LogP contribution >= 0.6 is 0 Å². The van der Waals surface area contributed by atoms with Gasteiger partial charge in [0.1, 0.15) is 5.82 Å². The molecule has 0 fully saturated rings. The molecule has 9 heteroatoms. The molecule has 0 aliphatic carbocycles. The lowest BCUT2D eigenvalue weighted by atomic mass is 10.1. The number of urea groups is 1. The van der Waals surface area contributed by atoms with Crippen LogP contribution in [0.25, 0.3) is 16.6 Å². The van der Waals surface area contributed by atoms with Crippen molar-refractivity contribution in [3.63, 3.8) is 0 Å². The maximum absolute atomic E-state index is 13.0. The van der Waals surface area contributed by atoms with E-state index >= 15 is 0 Å². The normalized spacial score (nSPS) is 12.3. The molecule has 0 spiro atoms. The summed E-state index contributed by atoms with van der Waals surface area (Å²) in [4.78, 5) is 22.2. The first-order chi connectivity index (χ1) is 18.3. The first kappa shape index (κ1) is 25.2. The fraction of sp³-hybridized carbons (Fsp3) is 0.138. The van der Waals surface area contributed by atoms with Crippen LogP contribution < -0.4 is 10.0 Å². The van der Waals surface area contributed by atoms with Gasteiger partial charge in [0.2, 0.25) is 0 Å². The van der Waals surface area contributed by atoms with E-state index in [1.54, 1.807) is 31.3 Å². The number of imidazole rings is 1. The summed E-state index contributed by atoms with van der Waals surface area (Å²) >= 11 is 0. The summed E-state index contributed by atoms with van der Waals surface area (Å²) < 4.78 is 29.9. The van der Waals surface area contributed by atoms with E-state index in [0.29, 0.717) is 17.8 Å². The van der Waals surface area contributed by atoms with Gasteiger partial charge in [0, 0.05) is 29.2 Å². The second kappa shape index (κ2) is 10.5. The Labute approximate surface area is 221 Å². The summed E-state index contributed by atoms with van der Waals surface area (Å²) in [5, 5.41) is 3.82. The van der Waals surface area contributed by atoms with Crippen LogP contribution in [0.1, 0.15) is 28.7 Å². The van der Waals surface area contributed by atoms with Crippen LogP contribution in [0.15, 0.2) is 102 Å². The highest BCUT2D eigenvalue weighted by Gasteiger charge is 2.25. The van der Waals surface area contributed by atoms with Gasteiger partial charge in [-0.2, -0.15) is 0 Å². The van der Waals surface area contributed by atoms with E-state index in [2.05, 4.69) is 20.0 Å². The molecule has 2 aromatic heterocycles. The monoisotopic (exact) mass is 525 g/mol. The molecule has 5 aromatic rings. The lowest BCUT2D eigenvalue weighted by Gasteiger charge is -2.21. The zero-order valence-electron chi connectivity index (χ0n) is 21.0. The minimum atomic E-state index is -4.06. The van der Waals surface area contributed by atoms with E-state index < -0.39 is 22.1 Å². The number of pyridine rings is 1. The molecule has 2 heterocycles. The smallest absolute Gasteiger partial charge is 0.327 e. The number of nitrogens with zero attached hydrogens (tertiary/aromatic N) is 3. The predicted octanol–water partition coefficient (Wildman–Crippen LogP) is 5.01. The average molecular weight is 526 g/mol. The van der Waals surface area contributed by atoms with Crippen molar-refractivity contribution < 1.29 is 13.2 Å². The second-order valence-corrected chi connectivity index (χ2v) is 10.7. The quantitative estimate of drug-likeness (QED) is 0.311. The van der Waals surface area contributed by atoms with Crippen molar-refractivity contribution in [1.82, 2.24) is 24.6 Å². The van der Waals surface area contributed by atoms with Gasteiger partial charge in [-0.05, 0) is 61.7 Å². The molecule has 5 rings (SSSR count). The molecule has 2 amide bonds. The van der Waals surface area contributed by atoms with E-state index in [1.807, 2.05) is 78.4 Å². The van der Waals surface area contributed by atoms with Gasteiger partial charge in [-0.3, -0.25) is 4.98 Å². The standard InChI is InChI=1S/C29H27N5O3S/c1-20-8-6-7-11-27(20)38(36,37)33-29(35)32-26(18-22-9-4-3-5-10-22)28-30-16-17-34(28)24-14-15-25-23(19-24)13-12-21(2)31-25/h3-17,19,26H,18H2,1-2H3,(H2,32,33,35)/t26-/m0/s1. The number of hydrogen-bond acceptors (Lipinski definition) is 5. The Morgan fingerprint density at radius 2 is 1.71 bits per heavy atom. The minimum absolute atomic E-state index is 0.0521. The van der Waals surface area contributed by atoms with Crippen LogP contribution in [-0.4, -0.2) is 29.0 Å². The Morgan fingerprint density at radius 1 is 0.947 bits per heavy atom. The number of carbonyl (C=O) groups excluding carboxylic acids is 1. The Hall–Kier alpha value is -4.50. The van der Waals surface area contributed by atoms with Gasteiger partial charge >= 0.3 is 6.03 Å². The summed E-state index contributed by atoms with van der Waals surface area (Å²) in [6.45, 7) is 3.63. The molecule has 2 N–H and O–H groups in total. The number of aromatic nitrogens is 3.